The van der Waals surface area contributed by atoms with Crippen LogP contribution in [-0.4, -0.2) is 74.2 Å². The molecule has 0 aliphatic rings. The van der Waals surface area contributed by atoms with Gasteiger partial charge in [0.25, 0.3) is 0 Å². The molecule has 21 heavy (non-hydrogen) atoms. The molecule has 5 heteroatoms. The van der Waals surface area contributed by atoms with Gasteiger partial charge in [-0.1, -0.05) is 13.8 Å². The Hall–Kier alpha value is -0.650. The molecule has 0 radical (unpaired) electrons. The van der Waals surface area contributed by atoms with Gasteiger partial charge >= 0.3 is 5.97 Å². The van der Waals surface area contributed by atoms with Crippen molar-refractivity contribution in [1.82, 2.24) is 15.1 Å². The minimum atomic E-state index is -0.601. The summed E-state index contributed by atoms with van der Waals surface area (Å²) >= 11 is 0. The Bertz CT molecular complexity index is 297. The highest BCUT2D eigenvalue weighted by molar-refractivity contribution is 5.80. The van der Waals surface area contributed by atoms with Crippen LogP contribution in [0.3, 0.4) is 0 Å². The SMILES string of the molecule is CCNC(C)(CCN(CC)C(C)CN(C)C)C(=O)OCC. The molecule has 0 fully saturated rings. The predicted octanol–water partition coefficient (Wildman–Crippen LogP) is 1.58. The van der Waals surface area contributed by atoms with Crippen LogP contribution in [0.2, 0.25) is 0 Å². The standard InChI is InChI=1S/C16H35N3O2/c1-8-17-16(5,15(20)21-10-3)11-12-19(9-2)14(4)13-18(6)7/h14,17H,8-13H2,1-7H3. The van der Waals surface area contributed by atoms with Gasteiger partial charge in [-0.25, -0.2) is 0 Å². The molecule has 2 unspecified atom stereocenters. The van der Waals surface area contributed by atoms with Gasteiger partial charge in [0.15, 0.2) is 0 Å². The normalized spacial score (nSPS) is 16.0. The van der Waals surface area contributed by atoms with Gasteiger partial charge in [0.1, 0.15) is 5.54 Å². The molecule has 0 amide bonds. The zero-order valence-corrected chi connectivity index (χ0v) is 15.0. The molecule has 0 saturated carbocycles. The third kappa shape index (κ3) is 7.25. The van der Waals surface area contributed by atoms with E-state index < -0.39 is 5.54 Å². The van der Waals surface area contributed by atoms with Crippen LogP contribution in [0.1, 0.15) is 41.0 Å². The van der Waals surface area contributed by atoms with Crippen LogP contribution in [0.5, 0.6) is 0 Å². The van der Waals surface area contributed by atoms with E-state index in [0.29, 0.717) is 12.6 Å². The van der Waals surface area contributed by atoms with Gasteiger partial charge in [-0.15, -0.1) is 0 Å². The van der Waals surface area contributed by atoms with Crippen LogP contribution >= 0.6 is 0 Å². The fourth-order valence-corrected chi connectivity index (χ4v) is 2.64. The largest absolute Gasteiger partial charge is 0.465 e. The zero-order valence-electron chi connectivity index (χ0n) is 15.0. The Morgan fingerprint density at radius 1 is 1.29 bits per heavy atom. The molecule has 0 aliphatic heterocycles. The highest BCUT2D eigenvalue weighted by Gasteiger charge is 2.34. The molecular formula is C16H35N3O2. The fourth-order valence-electron chi connectivity index (χ4n) is 2.64. The van der Waals surface area contributed by atoms with E-state index in [4.69, 9.17) is 4.74 Å². The molecule has 5 nitrogen and oxygen atoms in total. The lowest BCUT2D eigenvalue weighted by Crippen LogP contribution is -2.53. The number of ether oxygens (including phenoxy) is 1. The first-order chi connectivity index (χ1) is 9.80. The number of nitrogens with one attached hydrogen (secondary N) is 1. The number of likely N-dealkylation sites (N-methyl/N-ethyl adjacent to an activating group) is 3. The van der Waals surface area contributed by atoms with E-state index >= 15 is 0 Å². The van der Waals surface area contributed by atoms with Gasteiger partial charge in [0.05, 0.1) is 6.61 Å². The summed E-state index contributed by atoms with van der Waals surface area (Å²) < 4.78 is 5.22. The van der Waals surface area contributed by atoms with Gasteiger partial charge in [-0.3, -0.25) is 9.69 Å². The van der Waals surface area contributed by atoms with E-state index in [0.717, 1.165) is 32.6 Å². The Kier molecular flexibility index (Phi) is 9.83. The summed E-state index contributed by atoms with van der Waals surface area (Å²) in [6.07, 6.45) is 0.755. The molecule has 0 spiro atoms. The van der Waals surface area contributed by atoms with E-state index in [1.807, 2.05) is 20.8 Å². The monoisotopic (exact) mass is 301 g/mol. The van der Waals surface area contributed by atoms with Crippen LogP contribution < -0.4 is 5.32 Å². The average molecular weight is 301 g/mol. The highest BCUT2D eigenvalue weighted by Crippen LogP contribution is 2.14. The van der Waals surface area contributed by atoms with E-state index in [1.54, 1.807) is 0 Å². The molecule has 0 aromatic rings. The minimum Gasteiger partial charge on any atom is -0.465 e. The maximum atomic E-state index is 12.2. The lowest BCUT2D eigenvalue weighted by molar-refractivity contribution is -0.151. The number of hydrogen-bond donors (Lipinski definition) is 1. The number of rotatable bonds is 11. The minimum absolute atomic E-state index is 0.150. The van der Waals surface area contributed by atoms with Crippen molar-refractivity contribution in [2.75, 3.05) is 46.9 Å². The van der Waals surface area contributed by atoms with Crippen LogP contribution in [0, 0.1) is 0 Å². The van der Waals surface area contributed by atoms with E-state index in [-0.39, 0.29) is 5.97 Å². The van der Waals surface area contributed by atoms with Crippen molar-refractivity contribution >= 4 is 5.97 Å². The summed E-state index contributed by atoms with van der Waals surface area (Å²) in [5.41, 5.74) is -0.601. The number of carbonyl (C=O) groups excluding carboxylic acids is 1. The van der Waals surface area contributed by atoms with Crippen molar-refractivity contribution in [3.8, 4) is 0 Å². The van der Waals surface area contributed by atoms with Crippen molar-refractivity contribution in [2.45, 2.75) is 52.6 Å². The first-order valence-corrected chi connectivity index (χ1v) is 8.11. The van der Waals surface area contributed by atoms with Crippen molar-refractivity contribution in [3.05, 3.63) is 0 Å². The summed E-state index contributed by atoms with van der Waals surface area (Å²) in [6, 6.07) is 0.470. The molecule has 0 heterocycles. The van der Waals surface area contributed by atoms with Gasteiger partial charge in [-0.05, 0) is 54.4 Å². The van der Waals surface area contributed by atoms with Crippen molar-refractivity contribution in [3.63, 3.8) is 0 Å². The smallest absolute Gasteiger partial charge is 0.326 e. The molecule has 0 aliphatic carbocycles. The molecular weight excluding hydrogens is 266 g/mol. The number of nitrogens with zero attached hydrogens (tertiary/aromatic N) is 2. The Morgan fingerprint density at radius 3 is 2.33 bits per heavy atom. The van der Waals surface area contributed by atoms with Crippen molar-refractivity contribution in [2.24, 2.45) is 0 Å². The molecule has 0 saturated heterocycles. The van der Waals surface area contributed by atoms with Gasteiger partial charge in [0.2, 0.25) is 0 Å². The second-order valence-corrected chi connectivity index (χ2v) is 6.07. The average Bonchev–Trinajstić information content (AvgIpc) is 2.39. The molecule has 1 N–H and O–H groups in total. The summed E-state index contributed by atoms with van der Waals surface area (Å²) in [5, 5.41) is 3.29. The molecule has 126 valence electrons. The number of carbonyl (C=O) groups is 1. The maximum absolute atomic E-state index is 12.2. The fraction of sp³-hybridized carbons (Fsp3) is 0.938. The van der Waals surface area contributed by atoms with Gasteiger partial charge in [0, 0.05) is 19.1 Å². The second kappa shape index (κ2) is 10.1. The van der Waals surface area contributed by atoms with Crippen molar-refractivity contribution < 1.29 is 9.53 Å². The quantitative estimate of drug-likeness (QED) is 0.587. The van der Waals surface area contributed by atoms with Crippen LogP contribution in [0.4, 0.5) is 0 Å². The first-order valence-electron chi connectivity index (χ1n) is 8.11. The highest BCUT2D eigenvalue weighted by atomic mass is 16.5. The zero-order chi connectivity index (χ0) is 16.5. The lowest BCUT2D eigenvalue weighted by Gasteiger charge is -2.34. The van der Waals surface area contributed by atoms with Crippen molar-refractivity contribution in [1.29, 1.82) is 0 Å². The third-order valence-corrected chi connectivity index (χ3v) is 3.85. The molecule has 2 atom stereocenters. The number of hydrogen-bond acceptors (Lipinski definition) is 5. The molecule has 0 rings (SSSR count). The Balaban J connectivity index is 4.67. The van der Waals surface area contributed by atoms with Gasteiger partial charge in [-0.2, -0.15) is 0 Å². The summed E-state index contributed by atoms with van der Waals surface area (Å²) in [7, 11) is 4.18. The molecule has 0 aromatic carbocycles. The predicted molar refractivity (Wildman–Crippen MR) is 88.6 cm³/mol. The van der Waals surface area contributed by atoms with Crippen LogP contribution in [-0.2, 0) is 9.53 Å². The maximum Gasteiger partial charge on any atom is 0.326 e. The van der Waals surface area contributed by atoms with Crippen LogP contribution in [0.25, 0.3) is 0 Å². The Morgan fingerprint density at radius 2 is 1.90 bits per heavy atom. The van der Waals surface area contributed by atoms with E-state index in [1.165, 1.54) is 0 Å². The van der Waals surface area contributed by atoms with E-state index in [9.17, 15) is 4.79 Å². The third-order valence-electron chi connectivity index (χ3n) is 3.85. The summed E-state index contributed by atoms with van der Waals surface area (Å²) in [6.45, 7) is 14.3. The first kappa shape index (κ1) is 20.3. The Labute approximate surface area is 131 Å². The molecule has 0 aromatic heterocycles. The number of esters is 1. The summed E-state index contributed by atoms with van der Waals surface area (Å²) in [5.74, 6) is -0.150. The summed E-state index contributed by atoms with van der Waals surface area (Å²) in [4.78, 5) is 16.8. The topological polar surface area (TPSA) is 44.8 Å². The second-order valence-electron chi connectivity index (χ2n) is 6.07. The van der Waals surface area contributed by atoms with Crippen LogP contribution in [0.15, 0.2) is 0 Å². The lowest BCUT2D eigenvalue weighted by atomic mass is 9.97. The van der Waals surface area contributed by atoms with Gasteiger partial charge < -0.3 is 15.0 Å². The van der Waals surface area contributed by atoms with E-state index in [2.05, 4.69) is 43.1 Å². The molecule has 0 bridgehead atoms.